The summed E-state index contributed by atoms with van der Waals surface area (Å²) in [4.78, 5) is 20.6. The van der Waals surface area contributed by atoms with Crippen molar-refractivity contribution in [1.82, 2.24) is 9.97 Å². The lowest BCUT2D eigenvalue weighted by Crippen LogP contribution is -2.07. The van der Waals surface area contributed by atoms with Crippen LogP contribution in [0.2, 0.25) is 0 Å². The first kappa shape index (κ1) is 16.3. The number of aromatic nitrogens is 2. The Labute approximate surface area is 156 Å². The molecular weight excluding hydrogens is 398 g/mol. The summed E-state index contributed by atoms with van der Waals surface area (Å²) in [7, 11) is 0. The highest BCUT2D eigenvalue weighted by molar-refractivity contribution is 9.10. The minimum atomic E-state index is -0.263. The lowest BCUT2D eigenvalue weighted by molar-refractivity contribution is -0.111. The zero-order valence-electron chi connectivity index (χ0n) is 13.3. The molecule has 128 valence electrons. The summed E-state index contributed by atoms with van der Waals surface area (Å²) in [5, 5.41) is 2.79. The number of carbonyl (C=O) groups is 1. The van der Waals surface area contributed by atoms with E-state index < -0.39 is 0 Å². The van der Waals surface area contributed by atoms with E-state index in [1.54, 1.807) is 55.1 Å². The van der Waals surface area contributed by atoms with Gasteiger partial charge in [-0.25, -0.2) is 4.98 Å². The average Bonchev–Trinajstić information content (AvgIpc) is 3.29. The van der Waals surface area contributed by atoms with E-state index in [1.807, 2.05) is 6.07 Å². The number of oxazole rings is 1. The molecule has 0 radical (unpaired) electrons. The quantitative estimate of drug-likeness (QED) is 0.484. The van der Waals surface area contributed by atoms with E-state index in [2.05, 4.69) is 31.2 Å². The molecule has 0 atom stereocenters. The fraction of sp³-hybridized carbons (Fsp3) is 0. The second-order valence-electron chi connectivity index (χ2n) is 5.43. The second-order valence-corrected chi connectivity index (χ2v) is 6.35. The van der Waals surface area contributed by atoms with Crippen molar-refractivity contribution in [2.24, 2.45) is 0 Å². The van der Waals surface area contributed by atoms with Gasteiger partial charge in [0.25, 0.3) is 0 Å². The van der Waals surface area contributed by atoms with Gasteiger partial charge in [-0.05, 0) is 58.4 Å². The molecule has 0 aliphatic carbocycles. The Morgan fingerprint density at radius 3 is 2.92 bits per heavy atom. The molecule has 0 aliphatic heterocycles. The number of anilines is 1. The van der Waals surface area contributed by atoms with Crippen LogP contribution in [0.3, 0.4) is 0 Å². The molecule has 3 heterocycles. The van der Waals surface area contributed by atoms with Gasteiger partial charge in [-0.15, -0.1) is 0 Å². The molecule has 7 heteroatoms. The highest BCUT2D eigenvalue weighted by atomic mass is 79.9. The Hall–Kier alpha value is -3.19. The molecule has 3 aromatic heterocycles. The zero-order valence-corrected chi connectivity index (χ0v) is 14.9. The number of rotatable bonds is 4. The van der Waals surface area contributed by atoms with Crippen LogP contribution in [-0.2, 0) is 4.79 Å². The third-order valence-corrected chi connectivity index (χ3v) is 3.98. The van der Waals surface area contributed by atoms with E-state index in [4.69, 9.17) is 8.83 Å². The van der Waals surface area contributed by atoms with Crippen LogP contribution in [0.5, 0.6) is 0 Å². The predicted molar refractivity (Wildman–Crippen MR) is 101 cm³/mol. The van der Waals surface area contributed by atoms with Gasteiger partial charge in [-0.3, -0.25) is 9.78 Å². The Bertz CT molecular complexity index is 1100. The number of halogens is 1. The van der Waals surface area contributed by atoms with Gasteiger partial charge in [-0.2, -0.15) is 0 Å². The number of carbonyl (C=O) groups excluding carboxylic acids is 1. The molecular formula is C19H12BrN3O3. The number of amides is 1. The summed E-state index contributed by atoms with van der Waals surface area (Å²) in [6, 6.07) is 10.7. The number of pyridine rings is 1. The van der Waals surface area contributed by atoms with E-state index in [0.29, 0.717) is 28.4 Å². The summed E-state index contributed by atoms with van der Waals surface area (Å²) >= 11 is 3.38. The van der Waals surface area contributed by atoms with Crippen LogP contribution in [0, 0.1) is 0 Å². The van der Waals surface area contributed by atoms with Crippen molar-refractivity contribution >= 4 is 44.7 Å². The van der Waals surface area contributed by atoms with E-state index in [9.17, 15) is 4.79 Å². The van der Waals surface area contributed by atoms with Crippen molar-refractivity contribution in [2.75, 3.05) is 5.32 Å². The maximum absolute atomic E-state index is 12.0. The third kappa shape index (κ3) is 3.57. The van der Waals surface area contributed by atoms with Crippen molar-refractivity contribution in [3.8, 4) is 11.5 Å². The molecule has 0 spiro atoms. The molecule has 6 nitrogen and oxygen atoms in total. The number of furan rings is 1. The average molecular weight is 410 g/mol. The molecule has 0 saturated carbocycles. The molecule has 4 rings (SSSR count). The highest BCUT2D eigenvalue weighted by Gasteiger charge is 2.10. The number of nitrogens with zero attached hydrogens (tertiary/aromatic N) is 2. The van der Waals surface area contributed by atoms with Crippen molar-refractivity contribution in [3.63, 3.8) is 0 Å². The molecule has 1 N–H and O–H groups in total. The first-order chi connectivity index (χ1) is 12.7. The van der Waals surface area contributed by atoms with Gasteiger partial charge in [0.2, 0.25) is 11.8 Å². The van der Waals surface area contributed by atoms with E-state index in [0.717, 1.165) is 10.0 Å². The first-order valence-corrected chi connectivity index (χ1v) is 8.51. The van der Waals surface area contributed by atoms with Gasteiger partial charge < -0.3 is 14.2 Å². The summed E-state index contributed by atoms with van der Waals surface area (Å²) in [6.45, 7) is 0. The van der Waals surface area contributed by atoms with Gasteiger partial charge in [0.1, 0.15) is 11.3 Å². The van der Waals surface area contributed by atoms with Crippen molar-refractivity contribution in [3.05, 3.63) is 71.4 Å². The maximum atomic E-state index is 12.0. The lowest BCUT2D eigenvalue weighted by Gasteiger charge is -2.00. The number of hydrogen-bond donors (Lipinski definition) is 1. The van der Waals surface area contributed by atoms with Gasteiger partial charge in [0, 0.05) is 28.6 Å². The second kappa shape index (κ2) is 6.97. The Kier molecular flexibility index (Phi) is 4.37. The fourth-order valence-corrected chi connectivity index (χ4v) is 2.75. The van der Waals surface area contributed by atoms with E-state index in [1.165, 1.54) is 6.08 Å². The summed E-state index contributed by atoms with van der Waals surface area (Å²) in [5.74, 6) is 0.815. The van der Waals surface area contributed by atoms with Gasteiger partial charge >= 0.3 is 0 Å². The Morgan fingerprint density at radius 1 is 1.19 bits per heavy atom. The molecule has 0 fully saturated rings. The van der Waals surface area contributed by atoms with E-state index >= 15 is 0 Å². The van der Waals surface area contributed by atoms with Crippen LogP contribution in [0.4, 0.5) is 5.69 Å². The molecule has 0 unspecified atom stereocenters. The number of nitrogens with one attached hydrogen (secondary N) is 1. The summed E-state index contributed by atoms with van der Waals surface area (Å²) in [6.07, 6.45) is 7.93. The normalized spacial score (nSPS) is 11.3. The third-order valence-electron chi connectivity index (χ3n) is 3.55. The predicted octanol–water partition coefficient (Wildman–Crippen LogP) is 4.90. The van der Waals surface area contributed by atoms with E-state index in [-0.39, 0.29) is 5.91 Å². The molecule has 1 aromatic carbocycles. The summed E-state index contributed by atoms with van der Waals surface area (Å²) < 4.78 is 11.7. The molecule has 26 heavy (non-hydrogen) atoms. The van der Waals surface area contributed by atoms with Crippen molar-refractivity contribution in [2.45, 2.75) is 0 Å². The maximum Gasteiger partial charge on any atom is 0.248 e. The number of benzene rings is 1. The smallest absolute Gasteiger partial charge is 0.248 e. The van der Waals surface area contributed by atoms with Crippen LogP contribution in [0.1, 0.15) is 5.76 Å². The van der Waals surface area contributed by atoms with Crippen LogP contribution in [-0.4, -0.2) is 15.9 Å². The molecule has 4 aromatic rings. The monoisotopic (exact) mass is 409 g/mol. The topological polar surface area (TPSA) is 81.2 Å². The van der Waals surface area contributed by atoms with Crippen molar-refractivity contribution in [1.29, 1.82) is 0 Å². The van der Waals surface area contributed by atoms with Crippen LogP contribution in [0.25, 0.3) is 28.6 Å². The number of fused-ring (bicyclic) bond motifs is 1. The molecule has 0 saturated heterocycles. The first-order valence-electron chi connectivity index (χ1n) is 7.71. The van der Waals surface area contributed by atoms with Crippen LogP contribution < -0.4 is 5.32 Å². The standard InChI is InChI=1S/C19H12BrN3O3/c20-13-8-12(10-21-11-13)19-23-16-9-14(3-5-17(16)26-19)22-18(24)6-4-15-2-1-7-25-15/h1-11H,(H,22,24)/b6-4+. The van der Waals surface area contributed by atoms with Gasteiger partial charge in [-0.1, -0.05) is 0 Å². The van der Waals surface area contributed by atoms with Crippen LogP contribution in [0.15, 0.2) is 74.4 Å². The molecule has 0 aliphatic rings. The zero-order chi connectivity index (χ0) is 17.9. The molecule has 0 bridgehead atoms. The summed E-state index contributed by atoms with van der Waals surface area (Å²) in [5.41, 5.74) is 2.67. The van der Waals surface area contributed by atoms with Gasteiger partial charge in [0.05, 0.1) is 11.8 Å². The largest absolute Gasteiger partial charge is 0.465 e. The highest BCUT2D eigenvalue weighted by Crippen LogP contribution is 2.27. The van der Waals surface area contributed by atoms with Crippen molar-refractivity contribution < 1.29 is 13.6 Å². The minimum Gasteiger partial charge on any atom is -0.465 e. The molecule has 1 amide bonds. The Morgan fingerprint density at radius 2 is 2.12 bits per heavy atom. The number of hydrogen-bond acceptors (Lipinski definition) is 5. The lowest BCUT2D eigenvalue weighted by atomic mass is 10.2. The Balaban J connectivity index is 1.55. The van der Waals surface area contributed by atoms with Gasteiger partial charge in [0.15, 0.2) is 5.58 Å². The SMILES string of the molecule is O=C(/C=C/c1ccco1)Nc1ccc2oc(-c3cncc(Br)c3)nc2c1. The van der Waals surface area contributed by atoms with Crippen LogP contribution >= 0.6 is 15.9 Å². The fourth-order valence-electron chi connectivity index (χ4n) is 2.39. The minimum absolute atomic E-state index is 0.263.